The monoisotopic (exact) mass is 243 g/mol. The summed E-state index contributed by atoms with van der Waals surface area (Å²) >= 11 is 0. The van der Waals surface area contributed by atoms with Crippen molar-refractivity contribution in [3.8, 4) is 0 Å². The summed E-state index contributed by atoms with van der Waals surface area (Å²) in [5.74, 6) is 0.737. The highest BCUT2D eigenvalue weighted by Gasteiger charge is 2.13. The highest BCUT2D eigenvalue weighted by Crippen LogP contribution is 2.03. The Bertz CT molecular complexity index is 149. The summed E-state index contributed by atoms with van der Waals surface area (Å²) in [5, 5.41) is 0. The third-order valence-electron chi connectivity index (χ3n) is 3.21. The quantitative estimate of drug-likeness (QED) is 0.546. The Kier molecular flexibility index (Phi) is 9.79. The van der Waals surface area contributed by atoms with Gasteiger partial charge in [0.25, 0.3) is 0 Å². The SMILES string of the molecule is CCN(CC)CN(CC(C)C)CN(CC)CC. The van der Waals surface area contributed by atoms with Crippen LogP contribution in [0.3, 0.4) is 0 Å². The van der Waals surface area contributed by atoms with Crippen LogP contribution in [0.15, 0.2) is 0 Å². The molecule has 0 aliphatic rings. The highest BCUT2D eigenvalue weighted by molar-refractivity contribution is 4.62. The second-order valence-electron chi connectivity index (χ2n) is 5.14. The number of nitrogens with zero attached hydrogens (tertiary/aromatic N) is 3. The van der Waals surface area contributed by atoms with Gasteiger partial charge in [0, 0.05) is 6.54 Å². The summed E-state index contributed by atoms with van der Waals surface area (Å²) in [5.41, 5.74) is 0. The van der Waals surface area contributed by atoms with Crippen molar-refractivity contribution in [3.63, 3.8) is 0 Å². The lowest BCUT2D eigenvalue weighted by Gasteiger charge is -2.34. The maximum Gasteiger partial charge on any atom is 0.0517 e. The maximum absolute atomic E-state index is 2.57. The van der Waals surface area contributed by atoms with Crippen molar-refractivity contribution in [2.24, 2.45) is 5.92 Å². The minimum atomic E-state index is 0.737. The molecule has 3 heteroatoms. The van der Waals surface area contributed by atoms with Crippen LogP contribution < -0.4 is 0 Å². The second kappa shape index (κ2) is 9.86. The van der Waals surface area contributed by atoms with E-state index in [0.717, 1.165) is 45.4 Å². The Labute approximate surface area is 109 Å². The van der Waals surface area contributed by atoms with Gasteiger partial charge in [-0.25, -0.2) is 0 Å². The van der Waals surface area contributed by atoms with Crippen molar-refractivity contribution in [2.75, 3.05) is 46.1 Å². The van der Waals surface area contributed by atoms with Gasteiger partial charge >= 0.3 is 0 Å². The lowest BCUT2D eigenvalue weighted by atomic mass is 10.2. The van der Waals surface area contributed by atoms with E-state index in [9.17, 15) is 0 Å². The van der Waals surface area contributed by atoms with Crippen LogP contribution in [0.1, 0.15) is 41.5 Å². The van der Waals surface area contributed by atoms with Gasteiger partial charge in [-0.1, -0.05) is 41.5 Å². The maximum atomic E-state index is 2.57. The van der Waals surface area contributed by atoms with Crippen LogP contribution >= 0.6 is 0 Å². The molecule has 104 valence electrons. The molecule has 0 bridgehead atoms. The Balaban J connectivity index is 4.30. The summed E-state index contributed by atoms with van der Waals surface area (Å²) in [6.07, 6.45) is 0. The van der Waals surface area contributed by atoms with E-state index >= 15 is 0 Å². The summed E-state index contributed by atoms with van der Waals surface area (Å²) < 4.78 is 0. The molecular formula is C14H33N3. The highest BCUT2D eigenvalue weighted by atomic mass is 15.4. The fraction of sp³-hybridized carbons (Fsp3) is 1.00. The fourth-order valence-corrected chi connectivity index (χ4v) is 2.09. The average molecular weight is 243 g/mol. The summed E-state index contributed by atoms with van der Waals surface area (Å²) in [4.78, 5) is 7.56. The molecule has 0 aromatic rings. The topological polar surface area (TPSA) is 9.72 Å². The van der Waals surface area contributed by atoms with Crippen LogP contribution in [-0.2, 0) is 0 Å². The zero-order chi connectivity index (χ0) is 13.3. The van der Waals surface area contributed by atoms with Gasteiger partial charge in [0.1, 0.15) is 0 Å². The van der Waals surface area contributed by atoms with E-state index in [2.05, 4.69) is 56.2 Å². The van der Waals surface area contributed by atoms with Crippen molar-refractivity contribution in [3.05, 3.63) is 0 Å². The van der Waals surface area contributed by atoms with Gasteiger partial charge in [-0.3, -0.25) is 14.7 Å². The smallest absolute Gasteiger partial charge is 0.0517 e. The molecule has 0 amide bonds. The first-order valence-corrected chi connectivity index (χ1v) is 7.24. The Hall–Kier alpha value is -0.120. The summed E-state index contributed by atoms with van der Waals surface area (Å²) in [6, 6.07) is 0. The number of hydrogen-bond acceptors (Lipinski definition) is 3. The van der Waals surface area contributed by atoms with Crippen molar-refractivity contribution >= 4 is 0 Å². The van der Waals surface area contributed by atoms with Crippen LogP contribution in [-0.4, -0.2) is 60.8 Å². The number of hydrogen-bond donors (Lipinski definition) is 0. The van der Waals surface area contributed by atoms with Gasteiger partial charge in [-0.2, -0.15) is 0 Å². The largest absolute Gasteiger partial charge is 0.291 e. The molecule has 3 nitrogen and oxygen atoms in total. The van der Waals surface area contributed by atoms with E-state index in [1.807, 2.05) is 0 Å². The molecule has 0 heterocycles. The third-order valence-corrected chi connectivity index (χ3v) is 3.21. The zero-order valence-electron chi connectivity index (χ0n) is 12.9. The van der Waals surface area contributed by atoms with Crippen LogP contribution in [0, 0.1) is 5.92 Å². The van der Waals surface area contributed by atoms with Gasteiger partial charge in [-0.15, -0.1) is 0 Å². The van der Waals surface area contributed by atoms with Gasteiger partial charge in [0.2, 0.25) is 0 Å². The minimum Gasteiger partial charge on any atom is -0.291 e. The van der Waals surface area contributed by atoms with Gasteiger partial charge in [0.05, 0.1) is 13.3 Å². The van der Waals surface area contributed by atoms with E-state index in [4.69, 9.17) is 0 Å². The third kappa shape index (κ3) is 7.74. The number of rotatable bonds is 10. The Morgan fingerprint density at radius 2 is 1.00 bits per heavy atom. The first kappa shape index (κ1) is 16.9. The first-order valence-electron chi connectivity index (χ1n) is 7.24. The molecule has 0 radical (unpaired) electrons. The van der Waals surface area contributed by atoms with Crippen LogP contribution in [0.25, 0.3) is 0 Å². The molecule has 0 fully saturated rings. The van der Waals surface area contributed by atoms with Crippen LogP contribution in [0.4, 0.5) is 0 Å². The first-order chi connectivity index (χ1) is 8.07. The fourth-order valence-electron chi connectivity index (χ4n) is 2.09. The van der Waals surface area contributed by atoms with Gasteiger partial charge in [-0.05, 0) is 32.1 Å². The molecule has 17 heavy (non-hydrogen) atoms. The Morgan fingerprint density at radius 1 is 0.647 bits per heavy atom. The van der Waals surface area contributed by atoms with Crippen molar-refractivity contribution < 1.29 is 0 Å². The Morgan fingerprint density at radius 3 is 1.24 bits per heavy atom. The lowest BCUT2D eigenvalue weighted by molar-refractivity contribution is 0.0694. The van der Waals surface area contributed by atoms with Crippen LogP contribution in [0.2, 0.25) is 0 Å². The van der Waals surface area contributed by atoms with Gasteiger partial charge in [0.15, 0.2) is 0 Å². The normalized spacial score (nSPS) is 12.4. The van der Waals surface area contributed by atoms with E-state index in [0.29, 0.717) is 0 Å². The molecule has 0 saturated heterocycles. The minimum absolute atomic E-state index is 0.737. The molecule has 0 rings (SSSR count). The van der Waals surface area contributed by atoms with Crippen molar-refractivity contribution in [1.29, 1.82) is 0 Å². The molecule has 0 aliphatic heterocycles. The molecule has 0 aromatic carbocycles. The standard InChI is InChI=1S/C14H33N3/c1-7-15(8-2)12-17(11-14(5)6)13-16(9-3)10-4/h14H,7-13H2,1-6H3. The molecule has 0 N–H and O–H groups in total. The summed E-state index contributed by atoms with van der Waals surface area (Å²) in [7, 11) is 0. The molecular weight excluding hydrogens is 210 g/mol. The van der Waals surface area contributed by atoms with E-state index in [1.54, 1.807) is 0 Å². The molecule has 0 atom stereocenters. The van der Waals surface area contributed by atoms with Crippen molar-refractivity contribution in [1.82, 2.24) is 14.7 Å². The average Bonchev–Trinajstić information content (AvgIpc) is 2.31. The lowest BCUT2D eigenvalue weighted by Crippen LogP contribution is -2.45. The zero-order valence-corrected chi connectivity index (χ0v) is 12.9. The molecule has 0 aromatic heterocycles. The van der Waals surface area contributed by atoms with Crippen molar-refractivity contribution in [2.45, 2.75) is 41.5 Å². The summed E-state index contributed by atoms with van der Waals surface area (Å²) in [6.45, 7) is 21.5. The van der Waals surface area contributed by atoms with Crippen LogP contribution in [0.5, 0.6) is 0 Å². The second-order valence-corrected chi connectivity index (χ2v) is 5.14. The predicted molar refractivity (Wildman–Crippen MR) is 77.1 cm³/mol. The van der Waals surface area contributed by atoms with E-state index < -0.39 is 0 Å². The molecule has 0 spiro atoms. The molecule has 0 aliphatic carbocycles. The molecule has 0 saturated carbocycles. The predicted octanol–water partition coefficient (Wildman–Crippen LogP) is 2.54. The molecule has 0 unspecified atom stereocenters. The van der Waals surface area contributed by atoms with Gasteiger partial charge < -0.3 is 0 Å². The van der Waals surface area contributed by atoms with E-state index in [1.165, 1.54) is 6.54 Å². The van der Waals surface area contributed by atoms with E-state index in [-0.39, 0.29) is 0 Å².